The van der Waals surface area contributed by atoms with Crippen molar-refractivity contribution in [2.75, 3.05) is 5.73 Å². The molecule has 0 saturated heterocycles. The van der Waals surface area contributed by atoms with Crippen LogP contribution in [0.3, 0.4) is 0 Å². The van der Waals surface area contributed by atoms with Crippen LogP contribution in [0.5, 0.6) is 0 Å². The van der Waals surface area contributed by atoms with Crippen LogP contribution in [0, 0.1) is 25.1 Å². The van der Waals surface area contributed by atoms with Gasteiger partial charge >= 0.3 is 0 Å². The van der Waals surface area contributed by atoms with Crippen LogP contribution in [0.15, 0.2) is 36.7 Å². The summed E-state index contributed by atoms with van der Waals surface area (Å²) in [7, 11) is 0. The van der Waals surface area contributed by atoms with Crippen molar-refractivity contribution < 1.29 is 9.50 Å². The third kappa shape index (κ3) is 4.38. The molecule has 9 nitrogen and oxygen atoms in total. The molecule has 0 fully saturated rings. The Bertz CT molecular complexity index is 1390. The number of nitrogens with two attached hydrogens (primary N) is 1. The fraction of sp³-hybridized carbons (Fsp3) is 0.292. The molecule has 3 heterocycles. The van der Waals surface area contributed by atoms with Gasteiger partial charge in [-0.05, 0) is 45.4 Å². The summed E-state index contributed by atoms with van der Waals surface area (Å²) in [5.41, 5.74) is 7.93. The summed E-state index contributed by atoms with van der Waals surface area (Å²) >= 11 is 0. The first-order valence-corrected chi connectivity index (χ1v) is 10.6. The number of rotatable bonds is 6. The molecular formula is C24H25FN8O. The van der Waals surface area contributed by atoms with Crippen molar-refractivity contribution in [3.63, 3.8) is 0 Å². The van der Waals surface area contributed by atoms with E-state index in [1.54, 1.807) is 43.1 Å². The van der Waals surface area contributed by atoms with Crippen molar-refractivity contribution in [3.8, 4) is 35.1 Å². The molecule has 3 aromatic heterocycles. The first-order valence-electron chi connectivity index (χ1n) is 10.6. The molecule has 0 amide bonds. The highest BCUT2D eigenvalue weighted by Gasteiger charge is 2.25. The van der Waals surface area contributed by atoms with Gasteiger partial charge in [-0.25, -0.2) is 19.0 Å². The summed E-state index contributed by atoms with van der Waals surface area (Å²) in [4.78, 5) is 8.50. The maximum atomic E-state index is 14.9. The minimum absolute atomic E-state index is 0.0551. The van der Waals surface area contributed by atoms with E-state index in [-0.39, 0.29) is 29.1 Å². The highest BCUT2D eigenvalue weighted by Crippen LogP contribution is 2.28. The number of halogens is 1. The molecule has 0 spiro atoms. The molecule has 0 aliphatic heterocycles. The minimum atomic E-state index is -0.927. The van der Waals surface area contributed by atoms with Crippen LogP contribution in [-0.4, -0.2) is 45.4 Å². The van der Waals surface area contributed by atoms with E-state index >= 15 is 0 Å². The van der Waals surface area contributed by atoms with Gasteiger partial charge in [0.05, 0.1) is 30.1 Å². The van der Waals surface area contributed by atoms with Gasteiger partial charge in [-0.1, -0.05) is 23.3 Å². The van der Waals surface area contributed by atoms with E-state index in [9.17, 15) is 9.50 Å². The van der Waals surface area contributed by atoms with Crippen LogP contribution < -0.4 is 5.73 Å². The lowest BCUT2D eigenvalue weighted by Gasteiger charge is -2.25. The molecule has 0 saturated carbocycles. The maximum Gasteiger partial charge on any atom is 0.193 e. The summed E-state index contributed by atoms with van der Waals surface area (Å²) in [6.45, 7) is 7.48. The summed E-state index contributed by atoms with van der Waals surface area (Å²) in [6, 6.07) is 7.00. The molecule has 0 aliphatic carbocycles. The van der Waals surface area contributed by atoms with Crippen molar-refractivity contribution in [1.82, 2.24) is 34.7 Å². The molecule has 3 N–H and O–H groups in total. The fourth-order valence-electron chi connectivity index (χ4n) is 3.44. The minimum Gasteiger partial charge on any atom is -0.388 e. The lowest BCUT2D eigenvalue weighted by Crippen LogP contribution is -2.31. The predicted octanol–water partition coefficient (Wildman–Crippen LogP) is 2.99. The summed E-state index contributed by atoms with van der Waals surface area (Å²) in [5.74, 6) is 1.79. The monoisotopic (exact) mass is 460 g/mol. The third-order valence-electron chi connectivity index (χ3n) is 5.80. The molecule has 4 rings (SSSR count). The van der Waals surface area contributed by atoms with Crippen LogP contribution in [0.25, 0.3) is 22.8 Å². The van der Waals surface area contributed by atoms with E-state index in [0.29, 0.717) is 23.4 Å². The first-order chi connectivity index (χ1) is 16.1. The second-order valence-corrected chi connectivity index (χ2v) is 8.64. The SMILES string of the molecule is C#Cc1cccc(-c2nc(N)c(F)c(-c3cn(Cc4ccn(C(C)C(C)(C)O)n4)nn3)n2)c1C. The fourth-order valence-corrected chi connectivity index (χ4v) is 3.44. The normalized spacial score (nSPS) is 12.5. The first kappa shape index (κ1) is 23.1. The van der Waals surface area contributed by atoms with Gasteiger partial charge < -0.3 is 10.8 Å². The molecule has 10 heteroatoms. The Labute approximate surface area is 196 Å². The van der Waals surface area contributed by atoms with Gasteiger partial charge in [0.1, 0.15) is 11.4 Å². The Morgan fingerprint density at radius 3 is 2.74 bits per heavy atom. The second kappa shape index (κ2) is 8.68. The van der Waals surface area contributed by atoms with E-state index in [0.717, 1.165) is 5.56 Å². The zero-order valence-corrected chi connectivity index (χ0v) is 19.4. The zero-order chi connectivity index (χ0) is 24.6. The molecule has 1 aromatic carbocycles. The Kier molecular flexibility index (Phi) is 5.89. The van der Waals surface area contributed by atoms with Gasteiger partial charge in [-0.3, -0.25) is 4.68 Å². The number of terminal acetylenes is 1. The number of aromatic nitrogens is 7. The summed E-state index contributed by atoms with van der Waals surface area (Å²) < 4.78 is 18.1. The Hall–Kier alpha value is -4.10. The van der Waals surface area contributed by atoms with Crippen LogP contribution in [0.4, 0.5) is 10.2 Å². The quantitative estimate of drug-likeness (QED) is 0.424. The number of aliphatic hydroxyl groups is 1. The van der Waals surface area contributed by atoms with Crippen molar-refractivity contribution in [1.29, 1.82) is 0 Å². The van der Waals surface area contributed by atoms with Crippen molar-refractivity contribution in [2.24, 2.45) is 0 Å². The van der Waals surface area contributed by atoms with Gasteiger partial charge in [0.15, 0.2) is 17.5 Å². The van der Waals surface area contributed by atoms with Crippen molar-refractivity contribution >= 4 is 5.82 Å². The number of nitrogens with zero attached hydrogens (tertiary/aromatic N) is 7. The molecule has 0 aliphatic rings. The van der Waals surface area contributed by atoms with Gasteiger partial charge in [-0.2, -0.15) is 5.10 Å². The van der Waals surface area contributed by atoms with Gasteiger partial charge in [0.2, 0.25) is 0 Å². The number of nitrogen functional groups attached to an aromatic ring is 1. The second-order valence-electron chi connectivity index (χ2n) is 8.64. The molecule has 174 valence electrons. The average molecular weight is 461 g/mol. The number of hydrogen-bond donors (Lipinski definition) is 2. The molecule has 0 radical (unpaired) electrons. The van der Waals surface area contributed by atoms with E-state index in [2.05, 4.69) is 31.3 Å². The van der Waals surface area contributed by atoms with Crippen LogP contribution in [-0.2, 0) is 6.54 Å². The Morgan fingerprint density at radius 1 is 1.26 bits per heavy atom. The van der Waals surface area contributed by atoms with E-state index in [4.69, 9.17) is 12.2 Å². The Morgan fingerprint density at radius 2 is 2.03 bits per heavy atom. The Balaban J connectivity index is 1.64. The van der Waals surface area contributed by atoms with Gasteiger partial charge in [-0.15, -0.1) is 11.5 Å². The topological polar surface area (TPSA) is 121 Å². The molecule has 1 unspecified atom stereocenters. The molecule has 4 aromatic rings. The average Bonchev–Trinajstić information content (AvgIpc) is 3.44. The molecular weight excluding hydrogens is 435 g/mol. The highest BCUT2D eigenvalue weighted by atomic mass is 19.1. The van der Waals surface area contributed by atoms with Crippen molar-refractivity contribution in [2.45, 2.75) is 45.9 Å². The molecule has 1 atom stereocenters. The van der Waals surface area contributed by atoms with Gasteiger partial charge in [0.25, 0.3) is 0 Å². The van der Waals surface area contributed by atoms with Crippen LogP contribution >= 0.6 is 0 Å². The zero-order valence-electron chi connectivity index (χ0n) is 19.4. The number of anilines is 1. The van der Waals surface area contributed by atoms with Crippen molar-refractivity contribution in [3.05, 3.63) is 59.3 Å². The standard InChI is InChI=1S/C24H25FN8O/c1-6-16-8-7-9-18(14(16)2)23-27-21(20(25)22(26)28-23)19-13-32(31-29-19)12-17-10-11-33(30-17)15(3)24(4,5)34/h1,7-11,13,15,34H,12H2,2-5H3,(H2,26,27,28). The summed E-state index contributed by atoms with van der Waals surface area (Å²) in [6.07, 6.45) is 8.92. The van der Waals surface area contributed by atoms with E-state index < -0.39 is 11.4 Å². The van der Waals surface area contributed by atoms with Crippen LogP contribution in [0.1, 0.15) is 43.6 Å². The highest BCUT2D eigenvalue weighted by molar-refractivity contribution is 5.69. The number of hydrogen-bond acceptors (Lipinski definition) is 7. The van der Waals surface area contributed by atoms with Gasteiger partial charge in [0, 0.05) is 17.3 Å². The lowest BCUT2D eigenvalue weighted by molar-refractivity contribution is 0.0256. The lowest BCUT2D eigenvalue weighted by atomic mass is 10.0. The maximum absolute atomic E-state index is 14.9. The van der Waals surface area contributed by atoms with E-state index in [1.165, 1.54) is 4.68 Å². The smallest absolute Gasteiger partial charge is 0.193 e. The largest absolute Gasteiger partial charge is 0.388 e. The third-order valence-corrected chi connectivity index (χ3v) is 5.80. The van der Waals surface area contributed by atoms with E-state index in [1.807, 2.05) is 26.0 Å². The molecule has 34 heavy (non-hydrogen) atoms. The predicted molar refractivity (Wildman–Crippen MR) is 126 cm³/mol. The number of benzene rings is 1. The summed E-state index contributed by atoms with van der Waals surface area (Å²) in [5, 5.41) is 22.9. The van der Waals surface area contributed by atoms with Crippen LogP contribution in [0.2, 0.25) is 0 Å². The molecule has 0 bridgehead atoms.